The predicted molar refractivity (Wildman–Crippen MR) is 38.8 cm³/mol. The summed E-state index contributed by atoms with van der Waals surface area (Å²) in [4.78, 5) is 13.5. The van der Waals surface area contributed by atoms with E-state index in [-0.39, 0.29) is 0 Å². The van der Waals surface area contributed by atoms with Crippen LogP contribution in [0.2, 0.25) is 0 Å². The number of fused-ring (bicyclic) bond motifs is 2. The van der Waals surface area contributed by atoms with Gasteiger partial charge in [-0.25, -0.2) is 0 Å². The maximum absolute atomic E-state index is 11.2. The van der Waals surface area contributed by atoms with Gasteiger partial charge in [0.2, 0.25) is 0 Å². The monoisotopic (exact) mass is 139 g/mol. The number of hydrogen-bond acceptors (Lipinski definition) is 2. The molecular formula is C8H13NO. The van der Waals surface area contributed by atoms with Crippen LogP contribution in [0.5, 0.6) is 0 Å². The summed E-state index contributed by atoms with van der Waals surface area (Å²) in [5.41, 5.74) is 0. The van der Waals surface area contributed by atoms with Gasteiger partial charge in [-0.15, -0.1) is 0 Å². The lowest BCUT2D eigenvalue weighted by atomic mass is 10.0. The quantitative estimate of drug-likeness (QED) is 0.495. The molecule has 10 heavy (non-hydrogen) atoms. The van der Waals surface area contributed by atoms with Crippen LogP contribution in [0, 0.1) is 0 Å². The van der Waals surface area contributed by atoms with Crippen LogP contribution in [0.4, 0.5) is 0 Å². The number of Topliss-reactive ketones (excluding diaryl/α,β-unsaturated/α-hetero) is 1. The van der Waals surface area contributed by atoms with Gasteiger partial charge in [0.15, 0.2) is 5.78 Å². The van der Waals surface area contributed by atoms with Crippen LogP contribution in [-0.2, 0) is 4.79 Å². The summed E-state index contributed by atoms with van der Waals surface area (Å²) in [5, 5.41) is 0. The first-order valence-electron chi connectivity index (χ1n) is 4.03. The summed E-state index contributed by atoms with van der Waals surface area (Å²) in [6.45, 7) is 0. The normalized spacial score (nSPS) is 40.7. The number of nitrogens with zero attached hydrogens (tertiary/aromatic N) is 1. The zero-order valence-corrected chi connectivity index (χ0v) is 6.34. The van der Waals surface area contributed by atoms with E-state index in [4.69, 9.17) is 0 Å². The van der Waals surface area contributed by atoms with E-state index >= 15 is 0 Å². The van der Waals surface area contributed by atoms with Crippen LogP contribution in [0.3, 0.4) is 0 Å². The van der Waals surface area contributed by atoms with Crippen molar-refractivity contribution in [1.82, 2.24) is 4.90 Å². The minimum absolute atomic E-state index is 0.291. The van der Waals surface area contributed by atoms with Crippen molar-refractivity contribution in [2.45, 2.75) is 37.8 Å². The topological polar surface area (TPSA) is 20.3 Å². The van der Waals surface area contributed by atoms with Crippen molar-refractivity contribution in [2.75, 3.05) is 7.05 Å². The standard InChI is InChI=1S/C8H13NO/c1-9-6-3-2-4-7(9)8(10)5-6/h6-7H,2-5H2,1H3. The van der Waals surface area contributed by atoms with Gasteiger partial charge in [-0.2, -0.15) is 0 Å². The van der Waals surface area contributed by atoms with Gasteiger partial charge in [-0.05, 0) is 26.3 Å². The van der Waals surface area contributed by atoms with Crippen molar-refractivity contribution in [3.05, 3.63) is 0 Å². The number of likely N-dealkylation sites (N-methyl/N-ethyl adjacent to an activating group) is 1. The Labute approximate surface area is 61.2 Å². The Hall–Kier alpha value is -0.370. The molecule has 2 aliphatic heterocycles. The Morgan fingerprint density at radius 2 is 2.30 bits per heavy atom. The fraction of sp³-hybridized carbons (Fsp3) is 0.875. The molecular weight excluding hydrogens is 126 g/mol. The van der Waals surface area contributed by atoms with Crippen molar-refractivity contribution < 1.29 is 4.79 Å². The average Bonchev–Trinajstić information content (AvgIpc) is 2.16. The maximum atomic E-state index is 11.2. The fourth-order valence-electron chi connectivity index (χ4n) is 2.21. The highest BCUT2D eigenvalue weighted by Gasteiger charge is 2.39. The summed E-state index contributed by atoms with van der Waals surface area (Å²) in [5.74, 6) is 0.477. The van der Waals surface area contributed by atoms with E-state index < -0.39 is 0 Å². The molecule has 0 spiro atoms. The van der Waals surface area contributed by atoms with Gasteiger partial charge in [0.05, 0.1) is 6.04 Å². The van der Waals surface area contributed by atoms with E-state index in [1.54, 1.807) is 0 Å². The third-order valence-corrected chi connectivity index (χ3v) is 2.89. The fourth-order valence-corrected chi connectivity index (χ4v) is 2.21. The van der Waals surface area contributed by atoms with Crippen molar-refractivity contribution in [2.24, 2.45) is 0 Å². The Morgan fingerprint density at radius 1 is 1.50 bits per heavy atom. The molecule has 2 saturated heterocycles. The van der Waals surface area contributed by atoms with E-state index in [1.807, 2.05) is 0 Å². The van der Waals surface area contributed by atoms with Crippen molar-refractivity contribution >= 4 is 5.78 Å². The molecule has 2 unspecified atom stereocenters. The second kappa shape index (κ2) is 2.06. The highest BCUT2D eigenvalue weighted by atomic mass is 16.1. The van der Waals surface area contributed by atoms with Crippen molar-refractivity contribution in [3.63, 3.8) is 0 Å². The number of ketones is 1. The SMILES string of the molecule is CN1C2CCCC1C(=O)C2. The van der Waals surface area contributed by atoms with Gasteiger partial charge in [-0.3, -0.25) is 9.69 Å². The molecule has 2 rings (SSSR count). The molecule has 0 amide bonds. The highest BCUT2D eigenvalue weighted by Crippen LogP contribution is 2.31. The lowest BCUT2D eigenvalue weighted by Crippen LogP contribution is -2.37. The Kier molecular flexibility index (Phi) is 1.31. The molecule has 0 aromatic carbocycles. The van der Waals surface area contributed by atoms with E-state index in [0.717, 1.165) is 12.8 Å². The lowest BCUT2D eigenvalue weighted by molar-refractivity contribution is -0.119. The first-order valence-corrected chi connectivity index (χ1v) is 4.03. The zero-order valence-electron chi connectivity index (χ0n) is 6.34. The van der Waals surface area contributed by atoms with E-state index in [2.05, 4.69) is 11.9 Å². The summed E-state index contributed by atoms with van der Waals surface area (Å²) in [6, 6.07) is 0.880. The summed E-state index contributed by atoms with van der Waals surface area (Å²) in [6.07, 6.45) is 4.41. The molecule has 0 aromatic heterocycles. The number of rotatable bonds is 0. The third-order valence-electron chi connectivity index (χ3n) is 2.89. The molecule has 2 atom stereocenters. The molecule has 2 nitrogen and oxygen atoms in total. The first-order chi connectivity index (χ1) is 4.79. The molecule has 56 valence electrons. The maximum Gasteiger partial charge on any atom is 0.151 e. The smallest absolute Gasteiger partial charge is 0.151 e. The van der Waals surface area contributed by atoms with Crippen LogP contribution in [0.15, 0.2) is 0 Å². The second-order valence-electron chi connectivity index (χ2n) is 3.44. The molecule has 0 saturated carbocycles. The second-order valence-corrected chi connectivity index (χ2v) is 3.44. The molecule has 0 radical (unpaired) electrons. The van der Waals surface area contributed by atoms with Crippen LogP contribution in [-0.4, -0.2) is 29.8 Å². The van der Waals surface area contributed by atoms with Crippen LogP contribution < -0.4 is 0 Å². The van der Waals surface area contributed by atoms with E-state index in [0.29, 0.717) is 17.9 Å². The summed E-state index contributed by atoms with van der Waals surface area (Å²) >= 11 is 0. The minimum atomic E-state index is 0.291. The molecule has 2 heteroatoms. The Bertz CT molecular complexity index is 167. The van der Waals surface area contributed by atoms with Crippen LogP contribution in [0.25, 0.3) is 0 Å². The summed E-state index contributed by atoms with van der Waals surface area (Å²) < 4.78 is 0. The first kappa shape index (κ1) is 6.35. The van der Waals surface area contributed by atoms with Gasteiger partial charge in [-0.1, -0.05) is 0 Å². The van der Waals surface area contributed by atoms with Crippen molar-refractivity contribution in [1.29, 1.82) is 0 Å². The predicted octanol–water partition coefficient (Wildman–Crippen LogP) is 0.812. The van der Waals surface area contributed by atoms with Gasteiger partial charge in [0, 0.05) is 12.5 Å². The molecule has 0 aromatic rings. The number of carbonyl (C=O) groups is 1. The Balaban J connectivity index is 2.22. The molecule has 2 bridgehead atoms. The zero-order chi connectivity index (χ0) is 7.14. The van der Waals surface area contributed by atoms with Gasteiger partial charge >= 0.3 is 0 Å². The van der Waals surface area contributed by atoms with E-state index in [1.165, 1.54) is 12.8 Å². The van der Waals surface area contributed by atoms with Crippen molar-refractivity contribution in [3.8, 4) is 0 Å². The molecule has 2 aliphatic rings. The molecule has 2 heterocycles. The van der Waals surface area contributed by atoms with E-state index in [9.17, 15) is 4.79 Å². The number of hydrogen-bond donors (Lipinski definition) is 0. The number of piperidine rings is 1. The molecule has 2 fully saturated rings. The average molecular weight is 139 g/mol. The summed E-state index contributed by atoms with van der Waals surface area (Å²) in [7, 11) is 2.08. The van der Waals surface area contributed by atoms with Gasteiger partial charge < -0.3 is 0 Å². The largest absolute Gasteiger partial charge is 0.298 e. The van der Waals surface area contributed by atoms with Gasteiger partial charge in [0.25, 0.3) is 0 Å². The number of carbonyl (C=O) groups excluding carboxylic acids is 1. The molecule has 0 N–H and O–H groups in total. The third kappa shape index (κ3) is 0.717. The Morgan fingerprint density at radius 3 is 2.90 bits per heavy atom. The van der Waals surface area contributed by atoms with Crippen LogP contribution in [0.1, 0.15) is 25.7 Å². The van der Waals surface area contributed by atoms with Crippen LogP contribution >= 0.6 is 0 Å². The minimum Gasteiger partial charge on any atom is -0.298 e. The highest BCUT2D eigenvalue weighted by molar-refractivity contribution is 5.87. The van der Waals surface area contributed by atoms with Gasteiger partial charge in [0.1, 0.15) is 0 Å². The lowest BCUT2D eigenvalue weighted by Gasteiger charge is -2.29. The molecule has 0 aliphatic carbocycles.